The largest absolute Gasteiger partial charge is 0.583 e. The molecule has 0 fully saturated rings. The minimum absolute atomic E-state index is 0.0315. The Bertz CT molecular complexity index is 967. The molecule has 0 spiro atoms. The molecule has 0 radical (unpaired) electrons. The monoisotopic (exact) mass is 468 g/mol. The number of hydrogen-bond acceptors (Lipinski definition) is 9. The first kappa shape index (κ1) is 24.7. The number of pyridine rings is 1. The third-order valence-corrected chi connectivity index (χ3v) is 5.04. The number of aryl methyl sites for hydroxylation is 1. The zero-order valence-corrected chi connectivity index (χ0v) is 19.0. The summed E-state index contributed by atoms with van der Waals surface area (Å²) in [7, 11) is -2.78. The first-order chi connectivity index (χ1) is 14.6. The van der Waals surface area contributed by atoms with Gasteiger partial charge in [-0.25, -0.2) is 4.79 Å². The summed E-state index contributed by atoms with van der Waals surface area (Å²) in [5.41, 5.74) is 0.112. The van der Waals surface area contributed by atoms with Gasteiger partial charge in [0.25, 0.3) is 6.29 Å². The van der Waals surface area contributed by atoms with Crippen LogP contribution in [0.1, 0.15) is 48.7 Å². The standard InChI is InChI=1S/C20H22ClN2O7P/c1-11(2)28-19(26)13(4)23-31(27)30-20(29-15-7-5-14(21)6-8-15)16-9-22-12(3)18(25)17(16)10-24/h5-11,13,20,25H,1-4H3/t13-,20?/m0/s1. The van der Waals surface area contributed by atoms with Crippen LogP contribution in [-0.4, -0.2) is 34.5 Å². The molecule has 0 saturated heterocycles. The molecule has 166 valence electrons. The zero-order chi connectivity index (χ0) is 23.1. The number of benzene rings is 1. The third kappa shape index (κ3) is 6.97. The van der Waals surface area contributed by atoms with E-state index in [-0.39, 0.29) is 34.4 Å². The predicted molar refractivity (Wildman–Crippen MR) is 112 cm³/mol. The molecule has 0 aliphatic rings. The van der Waals surface area contributed by atoms with Crippen LogP contribution in [0.15, 0.2) is 35.2 Å². The Labute approximate surface area is 185 Å². The van der Waals surface area contributed by atoms with Crippen molar-refractivity contribution in [3.63, 3.8) is 0 Å². The van der Waals surface area contributed by atoms with Crippen LogP contribution in [0.3, 0.4) is 0 Å². The van der Waals surface area contributed by atoms with E-state index < -0.39 is 26.5 Å². The molecule has 1 aromatic heterocycles. The maximum Gasteiger partial charge on any atom is 0.346 e. The number of aromatic hydroxyl groups is 1. The molecule has 0 saturated carbocycles. The lowest BCUT2D eigenvalue weighted by molar-refractivity contribution is -0.189. The van der Waals surface area contributed by atoms with Gasteiger partial charge < -0.3 is 19.5 Å². The van der Waals surface area contributed by atoms with Gasteiger partial charge in [-0.3, -0.25) is 9.78 Å². The smallest absolute Gasteiger partial charge is 0.346 e. The van der Waals surface area contributed by atoms with E-state index in [9.17, 15) is 19.6 Å². The van der Waals surface area contributed by atoms with Crippen molar-refractivity contribution in [1.82, 2.24) is 4.98 Å². The Balaban J connectivity index is 2.37. The van der Waals surface area contributed by atoms with Gasteiger partial charge in [-0.1, -0.05) is 16.3 Å². The van der Waals surface area contributed by atoms with Crippen molar-refractivity contribution >= 4 is 32.0 Å². The number of aromatic nitrogens is 1. The average Bonchev–Trinajstić information content (AvgIpc) is 2.70. The lowest BCUT2D eigenvalue weighted by Crippen LogP contribution is -2.22. The van der Waals surface area contributed by atoms with Gasteiger partial charge in [-0.2, -0.15) is 0 Å². The Morgan fingerprint density at radius 2 is 1.94 bits per heavy atom. The fourth-order valence-electron chi connectivity index (χ4n) is 2.35. The van der Waals surface area contributed by atoms with Crippen LogP contribution in [0, 0.1) is 6.92 Å². The van der Waals surface area contributed by atoms with Crippen LogP contribution in [0.4, 0.5) is 0 Å². The summed E-state index contributed by atoms with van der Waals surface area (Å²) in [6.45, 7) is 6.27. The van der Waals surface area contributed by atoms with Gasteiger partial charge >= 0.3 is 14.1 Å². The van der Waals surface area contributed by atoms with E-state index in [1.54, 1.807) is 26.0 Å². The van der Waals surface area contributed by atoms with Gasteiger partial charge in [0.1, 0.15) is 11.5 Å². The van der Waals surface area contributed by atoms with Gasteiger partial charge in [0, 0.05) is 11.2 Å². The lowest BCUT2D eigenvalue weighted by atomic mass is 10.1. The highest BCUT2D eigenvalue weighted by Crippen LogP contribution is 2.36. The summed E-state index contributed by atoms with van der Waals surface area (Å²) < 4.78 is 19.9. The second kappa shape index (κ2) is 11.2. The SMILES string of the molecule is Cc1ncc(C(Oc2ccc(Cl)cc2)O[P+]([O-])=N[C@@H](C)C(=O)OC(C)C)c(C=O)c1O. The molecule has 1 N–H and O–H groups in total. The van der Waals surface area contributed by atoms with Crippen LogP contribution in [0.25, 0.3) is 0 Å². The first-order valence-corrected chi connectivity index (χ1v) is 10.7. The van der Waals surface area contributed by atoms with Crippen LogP contribution in [0.2, 0.25) is 5.02 Å². The van der Waals surface area contributed by atoms with Crippen molar-refractivity contribution in [3.8, 4) is 11.5 Å². The Hall–Kier alpha value is -2.58. The fraction of sp³-hybridized carbons (Fsp3) is 0.350. The molecule has 1 heterocycles. The molecule has 31 heavy (non-hydrogen) atoms. The molecular weight excluding hydrogens is 447 g/mol. The van der Waals surface area contributed by atoms with E-state index in [0.29, 0.717) is 11.3 Å². The quantitative estimate of drug-likeness (QED) is 0.254. The number of aldehydes is 1. The maximum absolute atomic E-state index is 12.5. The molecule has 9 nitrogen and oxygen atoms in total. The number of ether oxygens (including phenoxy) is 2. The van der Waals surface area contributed by atoms with Crippen molar-refractivity contribution in [2.75, 3.05) is 0 Å². The van der Waals surface area contributed by atoms with Crippen LogP contribution in [-0.2, 0) is 14.1 Å². The van der Waals surface area contributed by atoms with Crippen LogP contribution in [0.5, 0.6) is 11.5 Å². The molecule has 1 aromatic carbocycles. The number of esters is 1. The number of rotatable bonds is 9. The van der Waals surface area contributed by atoms with E-state index in [4.69, 9.17) is 25.6 Å². The fourth-order valence-corrected chi connectivity index (χ4v) is 3.23. The Morgan fingerprint density at radius 3 is 2.52 bits per heavy atom. The Kier molecular flexibility index (Phi) is 8.88. The van der Waals surface area contributed by atoms with Crippen LogP contribution >= 0.6 is 19.8 Å². The van der Waals surface area contributed by atoms with Gasteiger partial charge in [0.15, 0.2) is 12.3 Å². The van der Waals surface area contributed by atoms with E-state index in [1.807, 2.05) is 0 Å². The topological polar surface area (TPSA) is 130 Å². The molecule has 2 aromatic rings. The molecule has 0 amide bonds. The first-order valence-electron chi connectivity index (χ1n) is 9.23. The van der Waals surface area contributed by atoms with E-state index in [2.05, 4.69) is 9.73 Å². The van der Waals surface area contributed by atoms with Gasteiger partial charge in [0.05, 0.1) is 22.9 Å². The van der Waals surface area contributed by atoms with E-state index >= 15 is 0 Å². The number of halogens is 1. The van der Waals surface area contributed by atoms with Crippen molar-refractivity contribution in [2.24, 2.45) is 4.74 Å². The molecular formula is C20H22ClN2O7P. The minimum atomic E-state index is -2.78. The van der Waals surface area contributed by atoms with Gasteiger partial charge in [-0.15, -0.1) is 4.52 Å². The molecule has 0 aliphatic heterocycles. The van der Waals surface area contributed by atoms with Gasteiger partial charge in [0.2, 0.25) is 0 Å². The predicted octanol–water partition coefficient (Wildman–Crippen LogP) is 3.85. The highest BCUT2D eigenvalue weighted by atomic mass is 35.5. The minimum Gasteiger partial charge on any atom is -0.583 e. The summed E-state index contributed by atoms with van der Waals surface area (Å²) >= 11 is 5.88. The number of carbonyl (C=O) groups excluding carboxylic acids is 2. The second-order valence-corrected chi connectivity index (χ2v) is 8.06. The molecule has 2 unspecified atom stereocenters. The molecule has 11 heteroatoms. The molecule has 2 rings (SSSR count). The van der Waals surface area contributed by atoms with Gasteiger partial charge in [-0.05, 0) is 52.0 Å². The van der Waals surface area contributed by atoms with Crippen molar-refractivity contribution < 1.29 is 33.6 Å². The van der Waals surface area contributed by atoms with Crippen molar-refractivity contribution in [1.29, 1.82) is 0 Å². The zero-order valence-electron chi connectivity index (χ0n) is 17.3. The highest BCUT2D eigenvalue weighted by molar-refractivity contribution is 7.33. The number of carbonyl (C=O) groups is 2. The van der Waals surface area contributed by atoms with Crippen molar-refractivity contribution in [2.45, 2.75) is 46.1 Å². The van der Waals surface area contributed by atoms with E-state index in [0.717, 1.165) is 0 Å². The summed E-state index contributed by atoms with van der Waals surface area (Å²) in [6.07, 6.45) is -0.116. The summed E-state index contributed by atoms with van der Waals surface area (Å²) in [4.78, 5) is 40.0. The average molecular weight is 469 g/mol. The summed E-state index contributed by atoms with van der Waals surface area (Å²) in [6, 6.07) is 5.14. The second-order valence-electron chi connectivity index (χ2n) is 6.70. The number of nitrogens with zero attached hydrogens (tertiary/aromatic N) is 2. The summed E-state index contributed by atoms with van der Waals surface area (Å²) in [5.74, 6) is -0.746. The Morgan fingerprint density at radius 1 is 1.29 bits per heavy atom. The summed E-state index contributed by atoms with van der Waals surface area (Å²) in [5, 5.41) is 10.7. The van der Waals surface area contributed by atoms with Crippen LogP contribution < -0.4 is 9.63 Å². The molecule has 0 bridgehead atoms. The number of hydrogen-bond donors (Lipinski definition) is 1. The third-order valence-electron chi connectivity index (χ3n) is 3.88. The normalized spacial score (nSPS) is 13.6. The van der Waals surface area contributed by atoms with E-state index in [1.165, 1.54) is 32.2 Å². The molecule has 0 aliphatic carbocycles. The molecule has 3 atom stereocenters. The maximum atomic E-state index is 12.5. The lowest BCUT2D eigenvalue weighted by Gasteiger charge is -2.18. The highest BCUT2D eigenvalue weighted by Gasteiger charge is 2.28. The van der Waals surface area contributed by atoms with Crippen molar-refractivity contribution in [3.05, 3.63) is 52.3 Å².